The number of aromatic nitrogens is 1. The number of methoxy groups -OCH3 is 1. The van der Waals surface area contributed by atoms with E-state index in [-0.39, 0.29) is 11.4 Å². The van der Waals surface area contributed by atoms with Gasteiger partial charge in [0.1, 0.15) is 11.6 Å². The molecule has 0 spiro atoms. The summed E-state index contributed by atoms with van der Waals surface area (Å²) in [6.45, 7) is 7.66. The quantitative estimate of drug-likeness (QED) is 0.911. The molecule has 0 aliphatic rings. The van der Waals surface area contributed by atoms with Crippen LogP contribution < -0.4 is 10.1 Å². The van der Waals surface area contributed by atoms with E-state index in [1.807, 2.05) is 12.3 Å². The summed E-state index contributed by atoms with van der Waals surface area (Å²) < 4.78 is 21.1. The molecule has 1 aromatic heterocycles. The minimum Gasteiger partial charge on any atom is -0.497 e. The Morgan fingerprint density at radius 2 is 2.00 bits per heavy atom. The summed E-state index contributed by atoms with van der Waals surface area (Å²) in [6.07, 6.45) is 1.98. The number of rotatable bonds is 5. The van der Waals surface area contributed by atoms with Crippen LogP contribution in [-0.4, -0.2) is 17.2 Å². The summed E-state index contributed by atoms with van der Waals surface area (Å²) in [6, 6.07) is 9.03. The van der Waals surface area contributed by atoms with E-state index >= 15 is 0 Å². The highest BCUT2D eigenvalue weighted by molar-refractivity contribution is 5.29. The van der Waals surface area contributed by atoms with Gasteiger partial charge in [-0.05, 0) is 39.0 Å². The van der Waals surface area contributed by atoms with E-state index in [9.17, 15) is 4.39 Å². The smallest absolute Gasteiger partial charge is 0.131 e. The van der Waals surface area contributed by atoms with Gasteiger partial charge in [0.2, 0.25) is 0 Å². The first kappa shape index (κ1) is 15.6. The minimum absolute atomic E-state index is 0.0560. The molecule has 1 N–H and O–H groups in total. The average Bonchev–Trinajstić information content (AvgIpc) is 2.85. The molecule has 0 aliphatic heterocycles. The Balaban J connectivity index is 2.12. The van der Waals surface area contributed by atoms with Crippen molar-refractivity contribution in [2.24, 2.45) is 0 Å². The van der Waals surface area contributed by atoms with E-state index in [1.54, 1.807) is 12.1 Å². The standard InChI is InChI=1S/C17H23FN2O/c1-17(2,3)19-11-14-6-5-9-20(14)12-13-7-8-15(21-4)10-16(13)18/h5-10,19H,11-12H2,1-4H3. The van der Waals surface area contributed by atoms with Gasteiger partial charge in [0.05, 0.1) is 13.7 Å². The molecule has 0 aliphatic carbocycles. The van der Waals surface area contributed by atoms with Crippen molar-refractivity contribution < 1.29 is 9.13 Å². The SMILES string of the molecule is COc1ccc(Cn2cccc2CNC(C)(C)C)c(F)c1. The lowest BCUT2D eigenvalue weighted by Gasteiger charge is -2.21. The Bertz CT molecular complexity index is 599. The Morgan fingerprint density at radius 3 is 2.62 bits per heavy atom. The predicted octanol–water partition coefficient (Wildman–Crippen LogP) is 3.57. The van der Waals surface area contributed by atoms with Gasteiger partial charge in [0, 0.05) is 35.6 Å². The second-order valence-corrected chi connectivity index (χ2v) is 6.19. The molecule has 1 aromatic carbocycles. The number of hydrogen-bond acceptors (Lipinski definition) is 2. The molecule has 0 saturated carbocycles. The maximum atomic E-state index is 14.0. The molecule has 4 heteroatoms. The lowest BCUT2D eigenvalue weighted by Crippen LogP contribution is -2.35. The molecule has 114 valence electrons. The fraction of sp³-hybridized carbons (Fsp3) is 0.412. The summed E-state index contributed by atoms with van der Waals surface area (Å²) >= 11 is 0. The van der Waals surface area contributed by atoms with Crippen LogP contribution in [0.5, 0.6) is 5.75 Å². The molecule has 2 aromatic rings. The first-order valence-electron chi connectivity index (χ1n) is 7.10. The third-order valence-corrected chi connectivity index (χ3v) is 3.32. The highest BCUT2D eigenvalue weighted by Gasteiger charge is 2.11. The first-order chi connectivity index (χ1) is 9.89. The summed E-state index contributed by atoms with van der Waals surface area (Å²) in [4.78, 5) is 0. The van der Waals surface area contributed by atoms with Crippen LogP contribution in [0.2, 0.25) is 0 Å². The number of nitrogens with one attached hydrogen (secondary N) is 1. The first-order valence-corrected chi connectivity index (χ1v) is 7.10. The van der Waals surface area contributed by atoms with Gasteiger partial charge in [-0.2, -0.15) is 0 Å². The van der Waals surface area contributed by atoms with Crippen LogP contribution in [0.25, 0.3) is 0 Å². The van der Waals surface area contributed by atoms with E-state index in [0.717, 1.165) is 12.2 Å². The van der Waals surface area contributed by atoms with Crippen LogP contribution >= 0.6 is 0 Å². The van der Waals surface area contributed by atoms with Crippen molar-refractivity contribution in [3.05, 3.63) is 53.6 Å². The summed E-state index contributed by atoms with van der Waals surface area (Å²) in [5, 5.41) is 3.45. The number of benzene rings is 1. The fourth-order valence-corrected chi connectivity index (χ4v) is 2.09. The van der Waals surface area contributed by atoms with Gasteiger partial charge >= 0.3 is 0 Å². The van der Waals surface area contributed by atoms with E-state index < -0.39 is 0 Å². The summed E-state index contributed by atoms with van der Waals surface area (Å²) in [5.41, 5.74) is 1.85. The highest BCUT2D eigenvalue weighted by atomic mass is 19.1. The molecule has 0 fully saturated rings. The molecule has 0 bridgehead atoms. The van der Waals surface area contributed by atoms with Gasteiger partial charge in [-0.1, -0.05) is 6.07 Å². The van der Waals surface area contributed by atoms with Crippen molar-refractivity contribution in [1.82, 2.24) is 9.88 Å². The van der Waals surface area contributed by atoms with Gasteiger partial charge < -0.3 is 14.6 Å². The van der Waals surface area contributed by atoms with Crippen LogP contribution in [-0.2, 0) is 13.1 Å². The van der Waals surface area contributed by atoms with Crippen LogP contribution in [0, 0.1) is 5.82 Å². The number of ether oxygens (including phenoxy) is 1. The van der Waals surface area contributed by atoms with Crippen LogP contribution in [0.1, 0.15) is 32.0 Å². The topological polar surface area (TPSA) is 26.2 Å². The maximum absolute atomic E-state index is 14.0. The van der Waals surface area contributed by atoms with Crippen molar-refractivity contribution in [1.29, 1.82) is 0 Å². The van der Waals surface area contributed by atoms with Crippen molar-refractivity contribution in [3.63, 3.8) is 0 Å². The van der Waals surface area contributed by atoms with Crippen molar-refractivity contribution in [3.8, 4) is 5.75 Å². The third-order valence-electron chi connectivity index (χ3n) is 3.32. The molecule has 0 unspecified atom stereocenters. The van der Waals surface area contributed by atoms with Crippen LogP contribution in [0.4, 0.5) is 4.39 Å². The summed E-state index contributed by atoms with van der Waals surface area (Å²) in [5.74, 6) is 0.302. The van der Waals surface area contributed by atoms with Gasteiger partial charge in [-0.15, -0.1) is 0 Å². The van der Waals surface area contributed by atoms with Crippen molar-refractivity contribution in [2.75, 3.05) is 7.11 Å². The molecule has 0 saturated heterocycles. The van der Waals surface area contributed by atoms with Crippen molar-refractivity contribution in [2.45, 2.75) is 39.4 Å². The van der Waals surface area contributed by atoms with Gasteiger partial charge in [-0.25, -0.2) is 4.39 Å². The Hall–Kier alpha value is -1.81. The van der Waals surface area contributed by atoms with Crippen molar-refractivity contribution >= 4 is 0 Å². The third kappa shape index (κ3) is 4.33. The molecular formula is C17H23FN2O. The number of nitrogens with zero attached hydrogens (tertiary/aromatic N) is 1. The van der Waals surface area contributed by atoms with Gasteiger partial charge in [0.25, 0.3) is 0 Å². The second kappa shape index (κ2) is 6.31. The van der Waals surface area contributed by atoms with E-state index in [0.29, 0.717) is 17.9 Å². The maximum Gasteiger partial charge on any atom is 0.131 e. The largest absolute Gasteiger partial charge is 0.497 e. The second-order valence-electron chi connectivity index (χ2n) is 6.19. The van der Waals surface area contributed by atoms with Gasteiger partial charge in [0.15, 0.2) is 0 Å². The van der Waals surface area contributed by atoms with Gasteiger partial charge in [-0.3, -0.25) is 0 Å². The molecule has 1 heterocycles. The van der Waals surface area contributed by atoms with E-state index in [2.05, 4.69) is 36.7 Å². The van der Waals surface area contributed by atoms with E-state index in [1.165, 1.54) is 13.2 Å². The number of hydrogen-bond donors (Lipinski definition) is 1. The minimum atomic E-state index is -0.238. The molecule has 3 nitrogen and oxygen atoms in total. The zero-order valence-corrected chi connectivity index (χ0v) is 13.1. The Morgan fingerprint density at radius 1 is 1.24 bits per heavy atom. The zero-order chi connectivity index (χ0) is 15.5. The molecule has 0 radical (unpaired) electrons. The Labute approximate surface area is 125 Å². The monoisotopic (exact) mass is 290 g/mol. The average molecular weight is 290 g/mol. The van der Waals surface area contributed by atoms with E-state index in [4.69, 9.17) is 4.74 Å². The molecule has 0 amide bonds. The zero-order valence-electron chi connectivity index (χ0n) is 13.1. The highest BCUT2D eigenvalue weighted by Crippen LogP contribution is 2.18. The fourth-order valence-electron chi connectivity index (χ4n) is 2.09. The number of halogens is 1. The molecular weight excluding hydrogens is 267 g/mol. The molecule has 21 heavy (non-hydrogen) atoms. The lowest BCUT2D eigenvalue weighted by atomic mass is 10.1. The Kier molecular flexibility index (Phi) is 4.68. The molecule has 0 atom stereocenters. The predicted molar refractivity (Wildman–Crippen MR) is 83.1 cm³/mol. The van der Waals surface area contributed by atoms with Crippen LogP contribution in [0.15, 0.2) is 36.5 Å². The summed E-state index contributed by atoms with van der Waals surface area (Å²) in [7, 11) is 1.54. The normalized spacial score (nSPS) is 11.7. The molecule has 2 rings (SSSR count). The lowest BCUT2D eigenvalue weighted by molar-refractivity contribution is 0.409. The van der Waals surface area contributed by atoms with Crippen LogP contribution in [0.3, 0.4) is 0 Å².